The summed E-state index contributed by atoms with van der Waals surface area (Å²) in [7, 11) is 0. The molecule has 0 amide bonds. The van der Waals surface area contributed by atoms with E-state index in [2.05, 4.69) is 9.97 Å². The molecule has 2 aromatic rings. The van der Waals surface area contributed by atoms with Gasteiger partial charge in [-0.2, -0.15) is 0 Å². The summed E-state index contributed by atoms with van der Waals surface area (Å²) in [5.74, 6) is -1.67. The number of carboxylic acid groups (broad SMARTS) is 1. The normalized spacial score (nSPS) is 12.1. The van der Waals surface area contributed by atoms with E-state index in [0.717, 1.165) is 11.4 Å². The molecule has 0 saturated heterocycles. The molecule has 7 nitrogen and oxygen atoms in total. The average molecular weight is 332 g/mol. The van der Waals surface area contributed by atoms with Gasteiger partial charge in [-0.1, -0.05) is 6.07 Å². The summed E-state index contributed by atoms with van der Waals surface area (Å²) in [6.45, 7) is 5.52. The molecule has 1 heterocycles. The van der Waals surface area contributed by atoms with Crippen molar-refractivity contribution in [2.75, 3.05) is 0 Å². The molecule has 1 aromatic carbocycles. The number of hydrogen-bond acceptors (Lipinski definition) is 6. The monoisotopic (exact) mass is 332 g/mol. The highest BCUT2D eigenvalue weighted by molar-refractivity contribution is 5.72. The number of aliphatic carboxylic acids is 1. The first-order valence-corrected chi connectivity index (χ1v) is 7.44. The van der Waals surface area contributed by atoms with E-state index < -0.39 is 12.1 Å². The molecule has 0 saturated carbocycles. The lowest BCUT2D eigenvalue weighted by atomic mass is 10.1. The Hall–Kier alpha value is -2.67. The number of nitrogens with zero attached hydrogens (tertiary/aromatic N) is 2. The Labute approximate surface area is 139 Å². The van der Waals surface area contributed by atoms with Crippen molar-refractivity contribution in [2.24, 2.45) is 0 Å². The molecule has 0 aliphatic heterocycles. The largest absolute Gasteiger partial charge is 0.504 e. The number of phenolic OH excluding ortho intramolecular Hbond substituents is 2. The Morgan fingerprint density at radius 2 is 1.75 bits per heavy atom. The van der Waals surface area contributed by atoms with Gasteiger partial charge in [0.1, 0.15) is 0 Å². The van der Waals surface area contributed by atoms with Crippen LogP contribution < -0.4 is 0 Å². The number of aryl methyl sites for hydroxylation is 3. The molecular formula is C17H20N2O5. The molecule has 0 radical (unpaired) electrons. The zero-order chi connectivity index (χ0) is 17.9. The summed E-state index contributed by atoms with van der Waals surface area (Å²) in [5, 5.41) is 28.1. The molecule has 24 heavy (non-hydrogen) atoms. The number of carbonyl (C=O) groups is 1. The van der Waals surface area contributed by atoms with Gasteiger partial charge in [0.25, 0.3) is 0 Å². The van der Waals surface area contributed by atoms with Gasteiger partial charge in [-0.3, -0.25) is 9.97 Å². The maximum atomic E-state index is 11.4. The lowest BCUT2D eigenvalue weighted by molar-refractivity contribution is -0.151. The Bertz CT molecular complexity index is 761. The van der Waals surface area contributed by atoms with Crippen LogP contribution in [0.25, 0.3) is 0 Å². The second kappa shape index (κ2) is 7.27. The number of hydrogen-bond donors (Lipinski definition) is 3. The summed E-state index contributed by atoms with van der Waals surface area (Å²) in [6.07, 6.45) is -1.04. The topological polar surface area (TPSA) is 113 Å². The van der Waals surface area contributed by atoms with Crippen molar-refractivity contribution in [1.29, 1.82) is 0 Å². The van der Waals surface area contributed by atoms with Gasteiger partial charge in [0, 0.05) is 6.42 Å². The third kappa shape index (κ3) is 4.20. The van der Waals surface area contributed by atoms with Crippen molar-refractivity contribution in [2.45, 2.75) is 39.9 Å². The SMILES string of the molecule is Cc1nc(C)c(CO[C@@H](Cc2ccc(O)c(O)c2)C(=O)O)nc1C. The van der Waals surface area contributed by atoms with Crippen LogP contribution in [-0.2, 0) is 22.6 Å². The lowest BCUT2D eigenvalue weighted by Crippen LogP contribution is -2.26. The number of phenols is 2. The first kappa shape index (κ1) is 17.7. The maximum Gasteiger partial charge on any atom is 0.333 e. The average Bonchev–Trinajstić information content (AvgIpc) is 2.51. The third-order valence-corrected chi connectivity index (χ3v) is 3.74. The Morgan fingerprint density at radius 1 is 1.08 bits per heavy atom. The molecule has 1 aromatic heterocycles. The van der Waals surface area contributed by atoms with Crippen LogP contribution in [0, 0.1) is 20.8 Å². The van der Waals surface area contributed by atoms with Gasteiger partial charge in [-0.15, -0.1) is 0 Å². The van der Waals surface area contributed by atoms with Gasteiger partial charge >= 0.3 is 5.97 Å². The zero-order valence-corrected chi connectivity index (χ0v) is 13.8. The number of rotatable bonds is 6. The van der Waals surface area contributed by atoms with Crippen LogP contribution in [0.1, 0.15) is 28.3 Å². The molecule has 7 heteroatoms. The number of ether oxygens (including phenoxy) is 1. The van der Waals surface area contributed by atoms with Crippen LogP contribution in [0.3, 0.4) is 0 Å². The summed E-state index contributed by atoms with van der Waals surface area (Å²) >= 11 is 0. The fraction of sp³-hybridized carbons (Fsp3) is 0.353. The van der Waals surface area contributed by atoms with Gasteiger partial charge < -0.3 is 20.1 Å². The number of carboxylic acids is 1. The first-order chi connectivity index (χ1) is 11.3. The third-order valence-electron chi connectivity index (χ3n) is 3.74. The second-order valence-corrected chi connectivity index (χ2v) is 5.59. The van der Waals surface area contributed by atoms with Gasteiger partial charge in [-0.25, -0.2) is 4.79 Å². The van der Waals surface area contributed by atoms with Crippen LogP contribution in [0.15, 0.2) is 18.2 Å². The van der Waals surface area contributed by atoms with Crippen LogP contribution in [0.4, 0.5) is 0 Å². The summed E-state index contributed by atoms with van der Waals surface area (Å²) < 4.78 is 5.49. The molecule has 0 unspecified atom stereocenters. The molecule has 0 aliphatic rings. The Kier molecular flexibility index (Phi) is 5.35. The minimum Gasteiger partial charge on any atom is -0.504 e. The molecule has 1 atom stereocenters. The van der Waals surface area contributed by atoms with E-state index in [-0.39, 0.29) is 24.5 Å². The van der Waals surface area contributed by atoms with Crippen molar-refractivity contribution < 1.29 is 24.9 Å². The van der Waals surface area contributed by atoms with Gasteiger partial charge in [0.15, 0.2) is 17.6 Å². The fourth-order valence-corrected chi connectivity index (χ4v) is 2.21. The highest BCUT2D eigenvalue weighted by atomic mass is 16.5. The van der Waals surface area contributed by atoms with Crippen LogP contribution in [0.2, 0.25) is 0 Å². The quantitative estimate of drug-likeness (QED) is 0.694. The Morgan fingerprint density at radius 3 is 2.38 bits per heavy atom. The van der Waals surface area contributed by atoms with Crippen LogP contribution in [-0.4, -0.2) is 37.4 Å². The molecule has 0 bridgehead atoms. The van der Waals surface area contributed by atoms with Crippen molar-refractivity contribution in [3.63, 3.8) is 0 Å². The molecular weight excluding hydrogens is 312 g/mol. The predicted molar refractivity (Wildman–Crippen MR) is 85.9 cm³/mol. The molecule has 3 N–H and O–H groups in total. The predicted octanol–water partition coefficient (Wildman–Crippen LogP) is 2.03. The van der Waals surface area contributed by atoms with Crippen LogP contribution >= 0.6 is 0 Å². The van der Waals surface area contributed by atoms with E-state index in [1.165, 1.54) is 18.2 Å². The maximum absolute atomic E-state index is 11.4. The zero-order valence-electron chi connectivity index (χ0n) is 13.8. The van der Waals surface area contributed by atoms with Gasteiger partial charge in [-0.05, 0) is 38.5 Å². The fourth-order valence-electron chi connectivity index (χ4n) is 2.21. The first-order valence-electron chi connectivity index (χ1n) is 7.44. The highest BCUT2D eigenvalue weighted by Gasteiger charge is 2.20. The summed E-state index contributed by atoms with van der Waals surface area (Å²) in [4.78, 5) is 20.1. The molecule has 128 valence electrons. The number of aromatic nitrogens is 2. The van der Waals surface area contributed by atoms with E-state index in [1.807, 2.05) is 13.8 Å². The second-order valence-electron chi connectivity index (χ2n) is 5.59. The number of aromatic hydroxyl groups is 2. The van der Waals surface area contributed by atoms with Gasteiger partial charge in [0.2, 0.25) is 0 Å². The smallest absolute Gasteiger partial charge is 0.333 e. The molecule has 0 aliphatic carbocycles. The highest BCUT2D eigenvalue weighted by Crippen LogP contribution is 2.25. The van der Waals surface area contributed by atoms with Crippen molar-refractivity contribution in [1.82, 2.24) is 9.97 Å². The van der Waals surface area contributed by atoms with E-state index in [9.17, 15) is 20.1 Å². The minimum atomic E-state index is -1.11. The number of benzene rings is 1. The van der Waals surface area contributed by atoms with E-state index >= 15 is 0 Å². The minimum absolute atomic E-state index is 0.0288. The lowest BCUT2D eigenvalue weighted by Gasteiger charge is -2.15. The van der Waals surface area contributed by atoms with E-state index in [1.54, 1.807) is 6.92 Å². The van der Waals surface area contributed by atoms with Gasteiger partial charge in [0.05, 0.1) is 29.4 Å². The Balaban J connectivity index is 2.10. The molecule has 2 rings (SSSR count). The molecule has 0 fully saturated rings. The van der Waals surface area contributed by atoms with Crippen molar-refractivity contribution in [3.05, 3.63) is 46.5 Å². The van der Waals surface area contributed by atoms with Crippen molar-refractivity contribution in [3.8, 4) is 11.5 Å². The van der Waals surface area contributed by atoms with E-state index in [4.69, 9.17) is 4.74 Å². The molecule has 0 spiro atoms. The standard InChI is InChI=1S/C17H20N2O5/c1-9-10(2)19-13(11(3)18-9)8-24-16(17(22)23)7-12-4-5-14(20)15(21)6-12/h4-6,16,20-21H,7-8H2,1-3H3,(H,22,23)/t16-/m0/s1. The van der Waals surface area contributed by atoms with Crippen molar-refractivity contribution >= 4 is 5.97 Å². The van der Waals surface area contributed by atoms with E-state index in [0.29, 0.717) is 17.0 Å². The summed E-state index contributed by atoms with van der Waals surface area (Å²) in [5.41, 5.74) is 3.43. The van der Waals surface area contributed by atoms with Crippen LogP contribution in [0.5, 0.6) is 11.5 Å². The summed E-state index contributed by atoms with van der Waals surface area (Å²) in [6, 6.07) is 4.16.